The summed E-state index contributed by atoms with van der Waals surface area (Å²) >= 11 is 0. The number of nitrogens with one attached hydrogen (secondary N) is 2. The third-order valence-corrected chi connectivity index (χ3v) is 3.69. The highest BCUT2D eigenvalue weighted by atomic mass is 16.3. The molecule has 1 heterocycles. The standard InChI is InChI=1S/C17H20N2O2/c1-12(17(20)19-14-9-10-14)18-16(15-8-5-11-21-15)13-6-3-2-4-7-13/h2-8,11-12,14,16,18H,9-10H2,1H3,(H,19,20). The molecule has 21 heavy (non-hydrogen) atoms. The van der Waals surface area contributed by atoms with Crippen molar-refractivity contribution in [2.45, 2.75) is 37.9 Å². The number of rotatable bonds is 6. The van der Waals surface area contributed by atoms with Gasteiger partial charge in [-0.2, -0.15) is 0 Å². The summed E-state index contributed by atoms with van der Waals surface area (Å²) in [5, 5.41) is 6.39. The first kappa shape index (κ1) is 13.9. The van der Waals surface area contributed by atoms with Crippen molar-refractivity contribution in [3.05, 3.63) is 60.1 Å². The minimum atomic E-state index is -0.277. The molecule has 1 saturated carbocycles. The van der Waals surface area contributed by atoms with Crippen LogP contribution >= 0.6 is 0 Å². The molecular formula is C17H20N2O2. The third kappa shape index (κ3) is 3.52. The van der Waals surface area contributed by atoms with Crippen molar-refractivity contribution in [3.8, 4) is 0 Å². The second kappa shape index (κ2) is 6.14. The van der Waals surface area contributed by atoms with Crippen molar-refractivity contribution in [3.63, 3.8) is 0 Å². The van der Waals surface area contributed by atoms with Crippen LogP contribution in [0.2, 0.25) is 0 Å². The molecular weight excluding hydrogens is 264 g/mol. The number of carbonyl (C=O) groups is 1. The van der Waals surface area contributed by atoms with Crippen molar-refractivity contribution in [2.24, 2.45) is 0 Å². The Balaban J connectivity index is 1.74. The summed E-state index contributed by atoms with van der Waals surface area (Å²) in [6, 6.07) is 13.8. The predicted molar refractivity (Wildman–Crippen MR) is 80.8 cm³/mol. The first-order valence-corrected chi connectivity index (χ1v) is 7.39. The number of hydrogen-bond donors (Lipinski definition) is 2. The van der Waals surface area contributed by atoms with Gasteiger partial charge in [0, 0.05) is 6.04 Å². The minimum absolute atomic E-state index is 0.0463. The molecule has 1 amide bonds. The Morgan fingerprint density at radius 2 is 1.95 bits per heavy atom. The van der Waals surface area contributed by atoms with Gasteiger partial charge in [-0.1, -0.05) is 30.3 Å². The van der Waals surface area contributed by atoms with E-state index >= 15 is 0 Å². The van der Waals surface area contributed by atoms with Gasteiger partial charge in [0.2, 0.25) is 5.91 Å². The lowest BCUT2D eigenvalue weighted by Gasteiger charge is -2.22. The molecule has 0 bridgehead atoms. The van der Waals surface area contributed by atoms with Gasteiger partial charge in [-0.15, -0.1) is 0 Å². The Morgan fingerprint density at radius 1 is 1.19 bits per heavy atom. The quantitative estimate of drug-likeness (QED) is 0.857. The summed E-state index contributed by atoms with van der Waals surface area (Å²) in [7, 11) is 0. The highest BCUT2D eigenvalue weighted by molar-refractivity contribution is 5.82. The monoisotopic (exact) mass is 284 g/mol. The average Bonchev–Trinajstić information content (AvgIpc) is 3.16. The highest BCUT2D eigenvalue weighted by Crippen LogP contribution is 2.23. The average molecular weight is 284 g/mol. The van der Waals surface area contributed by atoms with Crippen LogP contribution in [0, 0.1) is 0 Å². The van der Waals surface area contributed by atoms with Gasteiger partial charge in [-0.3, -0.25) is 10.1 Å². The Labute approximate surface area is 124 Å². The summed E-state index contributed by atoms with van der Waals surface area (Å²) in [5.74, 6) is 0.859. The highest BCUT2D eigenvalue weighted by Gasteiger charge is 2.27. The van der Waals surface area contributed by atoms with Gasteiger partial charge in [0.1, 0.15) is 5.76 Å². The molecule has 0 saturated heterocycles. The Kier molecular flexibility index (Phi) is 4.06. The van der Waals surface area contributed by atoms with E-state index < -0.39 is 0 Å². The molecule has 4 nitrogen and oxygen atoms in total. The van der Waals surface area contributed by atoms with Crippen molar-refractivity contribution in [2.75, 3.05) is 0 Å². The number of furan rings is 1. The Morgan fingerprint density at radius 3 is 2.57 bits per heavy atom. The topological polar surface area (TPSA) is 54.3 Å². The molecule has 1 aromatic carbocycles. The van der Waals surface area contributed by atoms with Crippen LogP contribution in [0.5, 0.6) is 0 Å². The Hall–Kier alpha value is -2.07. The van der Waals surface area contributed by atoms with Gasteiger partial charge in [0.25, 0.3) is 0 Å². The fourth-order valence-electron chi connectivity index (χ4n) is 2.32. The summed E-state index contributed by atoms with van der Waals surface area (Å²) in [4.78, 5) is 12.1. The maximum absolute atomic E-state index is 12.1. The van der Waals surface area contributed by atoms with Crippen molar-refractivity contribution in [1.29, 1.82) is 0 Å². The van der Waals surface area contributed by atoms with E-state index in [9.17, 15) is 4.79 Å². The van der Waals surface area contributed by atoms with Crippen LogP contribution in [-0.2, 0) is 4.79 Å². The van der Waals surface area contributed by atoms with Gasteiger partial charge in [0.05, 0.1) is 18.3 Å². The number of amides is 1. The van der Waals surface area contributed by atoms with Gasteiger partial charge in [-0.05, 0) is 37.5 Å². The zero-order valence-corrected chi connectivity index (χ0v) is 12.1. The van der Waals surface area contributed by atoms with Gasteiger partial charge >= 0.3 is 0 Å². The zero-order chi connectivity index (χ0) is 14.7. The molecule has 3 rings (SSSR count). The fraction of sp³-hybridized carbons (Fsp3) is 0.353. The predicted octanol–water partition coefficient (Wildman–Crippen LogP) is 2.63. The van der Waals surface area contributed by atoms with Crippen LogP contribution in [-0.4, -0.2) is 18.0 Å². The molecule has 2 N–H and O–H groups in total. The van der Waals surface area contributed by atoms with Crippen LogP contribution in [0.25, 0.3) is 0 Å². The number of hydrogen-bond acceptors (Lipinski definition) is 3. The van der Waals surface area contributed by atoms with Gasteiger partial charge < -0.3 is 9.73 Å². The van der Waals surface area contributed by atoms with Crippen molar-refractivity contribution < 1.29 is 9.21 Å². The molecule has 1 aliphatic rings. The number of benzene rings is 1. The first-order valence-electron chi connectivity index (χ1n) is 7.39. The molecule has 4 heteroatoms. The smallest absolute Gasteiger partial charge is 0.237 e. The lowest BCUT2D eigenvalue weighted by molar-refractivity contribution is -0.123. The Bertz CT molecular complexity index is 576. The lowest BCUT2D eigenvalue weighted by Crippen LogP contribution is -2.44. The van der Waals surface area contributed by atoms with Gasteiger partial charge in [0.15, 0.2) is 0 Å². The molecule has 2 atom stereocenters. The largest absolute Gasteiger partial charge is 0.467 e. The van der Waals surface area contributed by atoms with E-state index in [1.807, 2.05) is 49.4 Å². The van der Waals surface area contributed by atoms with Crippen LogP contribution in [0.4, 0.5) is 0 Å². The van der Waals surface area contributed by atoms with Crippen LogP contribution in [0.1, 0.15) is 37.1 Å². The van der Waals surface area contributed by atoms with Crippen LogP contribution < -0.4 is 10.6 Å². The third-order valence-electron chi connectivity index (χ3n) is 3.69. The second-order valence-electron chi connectivity index (χ2n) is 5.53. The molecule has 0 aliphatic heterocycles. The molecule has 1 aliphatic carbocycles. The molecule has 2 unspecified atom stereocenters. The van der Waals surface area contributed by atoms with E-state index in [0.717, 1.165) is 24.2 Å². The molecule has 2 aromatic rings. The number of carbonyl (C=O) groups excluding carboxylic acids is 1. The van der Waals surface area contributed by atoms with Crippen LogP contribution in [0.3, 0.4) is 0 Å². The normalized spacial score (nSPS) is 17.2. The van der Waals surface area contributed by atoms with E-state index in [4.69, 9.17) is 4.42 Å². The zero-order valence-electron chi connectivity index (χ0n) is 12.1. The van der Waals surface area contributed by atoms with E-state index in [1.165, 1.54) is 0 Å². The molecule has 0 spiro atoms. The fourth-order valence-corrected chi connectivity index (χ4v) is 2.32. The summed E-state index contributed by atoms with van der Waals surface area (Å²) in [6.45, 7) is 1.89. The summed E-state index contributed by atoms with van der Waals surface area (Å²) in [5.41, 5.74) is 1.08. The summed E-state index contributed by atoms with van der Waals surface area (Å²) < 4.78 is 5.53. The minimum Gasteiger partial charge on any atom is -0.467 e. The van der Waals surface area contributed by atoms with E-state index in [0.29, 0.717) is 6.04 Å². The van der Waals surface area contributed by atoms with Crippen LogP contribution in [0.15, 0.2) is 53.1 Å². The maximum Gasteiger partial charge on any atom is 0.237 e. The van der Waals surface area contributed by atoms with E-state index in [2.05, 4.69) is 10.6 Å². The van der Waals surface area contributed by atoms with E-state index in [1.54, 1.807) is 6.26 Å². The molecule has 110 valence electrons. The van der Waals surface area contributed by atoms with Gasteiger partial charge in [-0.25, -0.2) is 0 Å². The molecule has 0 radical (unpaired) electrons. The second-order valence-corrected chi connectivity index (χ2v) is 5.53. The SMILES string of the molecule is CC(NC(c1ccccc1)c1ccco1)C(=O)NC1CC1. The van der Waals surface area contributed by atoms with E-state index in [-0.39, 0.29) is 18.0 Å². The maximum atomic E-state index is 12.1. The van der Waals surface area contributed by atoms with Crippen molar-refractivity contribution >= 4 is 5.91 Å². The lowest BCUT2D eigenvalue weighted by atomic mass is 10.0. The summed E-state index contributed by atoms with van der Waals surface area (Å²) in [6.07, 6.45) is 3.85. The molecule has 1 aromatic heterocycles. The van der Waals surface area contributed by atoms with Crippen molar-refractivity contribution in [1.82, 2.24) is 10.6 Å². The molecule has 1 fully saturated rings. The first-order chi connectivity index (χ1) is 10.2.